The van der Waals surface area contributed by atoms with Gasteiger partial charge >= 0.3 is 0 Å². The van der Waals surface area contributed by atoms with Crippen LogP contribution >= 0.6 is 0 Å². The predicted molar refractivity (Wildman–Crippen MR) is 68.7 cm³/mol. The Hall–Kier alpha value is -1.42. The number of hydrogen-bond acceptors (Lipinski definition) is 2. The van der Waals surface area contributed by atoms with Gasteiger partial charge in [-0.3, -0.25) is 4.79 Å². The van der Waals surface area contributed by atoms with E-state index in [1.807, 2.05) is 13.8 Å². The molecule has 2 unspecified atom stereocenters. The average Bonchev–Trinajstić information content (AvgIpc) is 2.35. The SMILES string of the molecule is CC(C(=O)NCC(O)C(C)C)c1ccccc1F. The fraction of sp³-hybridized carbons (Fsp3) is 0.500. The van der Waals surface area contributed by atoms with Crippen LogP contribution in [0.2, 0.25) is 0 Å². The minimum absolute atomic E-state index is 0.0778. The first-order valence-electron chi connectivity index (χ1n) is 6.13. The summed E-state index contributed by atoms with van der Waals surface area (Å²) in [7, 11) is 0. The summed E-state index contributed by atoms with van der Waals surface area (Å²) in [4.78, 5) is 11.8. The number of halogens is 1. The predicted octanol–water partition coefficient (Wildman–Crippen LogP) is 2.06. The van der Waals surface area contributed by atoms with E-state index in [0.29, 0.717) is 5.56 Å². The lowest BCUT2D eigenvalue weighted by Crippen LogP contribution is -2.37. The molecule has 1 aromatic carbocycles. The van der Waals surface area contributed by atoms with Crippen LogP contribution in [0.3, 0.4) is 0 Å². The highest BCUT2D eigenvalue weighted by Gasteiger charge is 2.19. The number of benzene rings is 1. The molecule has 2 N–H and O–H groups in total. The van der Waals surface area contributed by atoms with Gasteiger partial charge in [-0.2, -0.15) is 0 Å². The van der Waals surface area contributed by atoms with Crippen molar-refractivity contribution >= 4 is 5.91 Å². The molecule has 0 heterocycles. The Morgan fingerprint density at radius 3 is 2.50 bits per heavy atom. The molecule has 18 heavy (non-hydrogen) atoms. The Labute approximate surface area is 107 Å². The Kier molecular flexibility index (Phi) is 5.28. The van der Waals surface area contributed by atoms with Crippen molar-refractivity contribution in [2.45, 2.75) is 32.8 Å². The monoisotopic (exact) mass is 253 g/mol. The summed E-state index contributed by atoms with van der Waals surface area (Å²) < 4.78 is 13.5. The van der Waals surface area contributed by atoms with E-state index in [1.165, 1.54) is 6.07 Å². The zero-order valence-electron chi connectivity index (χ0n) is 11.0. The van der Waals surface area contributed by atoms with E-state index >= 15 is 0 Å². The molecule has 3 nitrogen and oxygen atoms in total. The molecule has 0 fully saturated rings. The summed E-state index contributed by atoms with van der Waals surface area (Å²) in [5, 5.41) is 12.2. The fourth-order valence-electron chi connectivity index (χ4n) is 1.56. The Morgan fingerprint density at radius 2 is 1.94 bits per heavy atom. The molecule has 0 aliphatic carbocycles. The molecule has 4 heteroatoms. The topological polar surface area (TPSA) is 49.3 Å². The van der Waals surface area contributed by atoms with Crippen molar-refractivity contribution in [1.29, 1.82) is 0 Å². The van der Waals surface area contributed by atoms with Gasteiger partial charge in [-0.25, -0.2) is 4.39 Å². The standard InChI is InChI=1S/C14H20FNO2/c1-9(2)13(17)8-16-14(18)10(3)11-6-4-5-7-12(11)15/h4-7,9-10,13,17H,8H2,1-3H3,(H,16,18). The normalized spacial score (nSPS) is 14.3. The van der Waals surface area contributed by atoms with Crippen LogP contribution in [-0.4, -0.2) is 23.7 Å². The van der Waals surface area contributed by atoms with Crippen molar-refractivity contribution in [3.05, 3.63) is 35.6 Å². The van der Waals surface area contributed by atoms with E-state index in [-0.39, 0.29) is 24.2 Å². The number of amides is 1. The van der Waals surface area contributed by atoms with Gasteiger partial charge in [-0.15, -0.1) is 0 Å². The summed E-state index contributed by atoms with van der Waals surface area (Å²) in [6.45, 7) is 5.58. The lowest BCUT2D eigenvalue weighted by molar-refractivity contribution is -0.122. The Morgan fingerprint density at radius 1 is 1.33 bits per heavy atom. The molecule has 0 radical (unpaired) electrons. The van der Waals surface area contributed by atoms with Gasteiger partial charge in [0.2, 0.25) is 5.91 Å². The molecule has 2 atom stereocenters. The highest BCUT2D eigenvalue weighted by molar-refractivity contribution is 5.83. The molecule has 0 aliphatic heterocycles. The molecule has 0 saturated carbocycles. The van der Waals surface area contributed by atoms with Crippen molar-refractivity contribution < 1.29 is 14.3 Å². The van der Waals surface area contributed by atoms with E-state index in [0.717, 1.165) is 0 Å². The maximum atomic E-state index is 13.5. The van der Waals surface area contributed by atoms with E-state index < -0.39 is 12.0 Å². The second-order valence-corrected chi connectivity index (χ2v) is 4.80. The fourth-order valence-corrected chi connectivity index (χ4v) is 1.56. The number of hydrogen-bond donors (Lipinski definition) is 2. The van der Waals surface area contributed by atoms with Crippen molar-refractivity contribution in [1.82, 2.24) is 5.32 Å². The molecule has 1 aromatic rings. The molecule has 0 saturated heterocycles. The molecule has 0 bridgehead atoms. The van der Waals surface area contributed by atoms with E-state index in [4.69, 9.17) is 0 Å². The number of carbonyl (C=O) groups excluding carboxylic acids is 1. The summed E-state index contributed by atoms with van der Waals surface area (Å²) in [6, 6.07) is 6.22. The quantitative estimate of drug-likeness (QED) is 0.844. The van der Waals surface area contributed by atoms with Crippen LogP contribution in [0, 0.1) is 11.7 Å². The molecular weight excluding hydrogens is 233 g/mol. The second-order valence-electron chi connectivity index (χ2n) is 4.80. The maximum absolute atomic E-state index is 13.5. The molecule has 0 spiro atoms. The van der Waals surface area contributed by atoms with Crippen LogP contribution in [-0.2, 0) is 4.79 Å². The molecule has 1 rings (SSSR count). The summed E-state index contributed by atoms with van der Waals surface area (Å²) in [6.07, 6.45) is -0.582. The molecule has 100 valence electrons. The van der Waals surface area contributed by atoms with E-state index in [1.54, 1.807) is 25.1 Å². The zero-order valence-corrected chi connectivity index (χ0v) is 11.0. The first-order chi connectivity index (χ1) is 8.43. The minimum Gasteiger partial charge on any atom is -0.391 e. The summed E-state index contributed by atoms with van der Waals surface area (Å²) >= 11 is 0. The Balaban J connectivity index is 2.60. The number of aliphatic hydroxyl groups is 1. The van der Waals surface area contributed by atoms with Gasteiger partial charge in [0.1, 0.15) is 5.82 Å². The van der Waals surface area contributed by atoms with Gasteiger partial charge in [0.05, 0.1) is 12.0 Å². The third-order valence-corrected chi connectivity index (χ3v) is 3.02. The first-order valence-corrected chi connectivity index (χ1v) is 6.13. The third-order valence-electron chi connectivity index (χ3n) is 3.02. The number of carbonyl (C=O) groups is 1. The smallest absolute Gasteiger partial charge is 0.227 e. The van der Waals surface area contributed by atoms with Crippen LogP contribution in [0.15, 0.2) is 24.3 Å². The lowest BCUT2D eigenvalue weighted by Gasteiger charge is -2.18. The second kappa shape index (κ2) is 6.50. The van der Waals surface area contributed by atoms with Crippen LogP contribution in [0.1, 0.15) is 32.3 Å². The Bertz CT molecular complexity index is 407. The van der Waals surface area contributed by atoms with Crippen molar-refractivity contribution in [3.8, 4) is 0 Å². The van der Waals surface area contributed by atoms with Crippen LogP contribution < -0.4 is 5.32 Å². The number of rotatable bonds is 5. The molecule has 0 aromatic heterocycles. The van der Waals surface area contributed by atoms with Crippen LogP contribution in [0.4, 0.5) is 4.39 Å². The van der Waals surface area contributed by atoms with Gasteiger partial charge < -0.3 is 10.4 Å². The van der Waals surface area contributed by atoms with Gasteiger partial charge in [0.25, 0.3) is 0 Å². The van der Waals surface area contributed by atoms with Crippen molar-refractivity contribution in [3.63, 3.8) is 0 Å². The van der Waals surface area contributed by atoms with Gasteiger partial charge in [-0.05, 0) is 24.5 Å². The van der Waals surface area contributed by atoms with Gasteiger partial charge in [0, 0.05) is 6.54 Å². The summed E-state index contributed by atoms with van der Waals surface area (Å²) in [5.74, 6) is -1.15. The number of aliphatic hydroxyl groups excluding tert-OH is 1. The highest BCUT2D eigenvalue weighted by Crippen LogP contribution is 2.18. The van der Waals surface area contributed by atoms with Gasteiger partial charge in [-0.1, -0.05) is 32.0 Å². The molecule has 0 aliphatic rings. The van der Waals surface area contributed by atoms with E-state index in [2.05, 4.69) is 5.32 Å². The lowest BCUT2D eigenvalue weighted by atomic mass is 9.99. The van der Waals surface area contributed by atoms with Crippen molar-refractivity contribution in [2.24, 2.45) is 5.92 Å². The largest absolute Gasteiger partial charge is 0.391 e. The first kappa shape index (κ1) is 14.6. The van der Waals surface area contributed by atoms with E-state index in [9.17, 15) is 14.3 Å². The van der Waals surface area contributed by atoms with Crippen LogP contribution in [0.25, 0.3) is 0 Å². The van der Waals surface area contributed by atoms with Crippen LogP contribution in [0.5, 0.6) is 0 Å². The molecule has 1 amide bonds. The summed E-state index contributed by atoms with van der Waals surface area (Å²) in [5.41, 5.74) is 0.369. The van der Waals surface area contributed by atoms with Crippen molar-refractivity contribution in [2.75, 3.05) is 6.54 Å². The maximum Gasteiger partial charge on any atom is 0.227 e. The molecular formula is C14H20FNO2. The third kappa shape index (κ3) is 3.81. The zero-order chi connectivity index (χ0) is 13.7. The number of nitrogens with one attached hydrogen (secondary N) is 1. The highest BCUT2D eigenvalue weighted by atomic mass is 19.1. The van der Waals surface area contributed by atoms with Gasteiger partial charge in [0.15, 0.2) is 0 Å². The average molecular weight is 253 g/mol. The minimum atomic E-state index is -0.582.